The number of rotatable bonds is 1. The Morgan fingerprint density at radius 3 is 2.82 bits per heavy atom. The summed E-state index contributed by atoms with van der Waals surface area (Å²) in [5.74, 6) is 0.751. The zero-order valence-electron chi connectivity index (χ0n) is 10.1. The Labute approximate surface area is 106 Å². The maximum atomic E-state index is 4.88. The summed E-state index contributed by atoms with van der Waals surface area (Å²) in [6.07, 6.45) is 13.1. The highest BCUT2D eigenvalue weighted by atomic mass is 32.1. The molecule has 2 aromatic rings. The number of aromatic nitrogens is 2. The zero-order chi connectivity index (χ0) is 11.2. The molecule has 0 atom stereocenters. The lowest BCUT2D eigenvalue weighted by Crippen LogP contribution is -2.02. The number of aryl methyl sites for hydroxylation is 2. The van der Waals surface area contributed by atoms with Crippen LogP contribution in [0, 0.1) is 0 Å². The number of hydrogen-bond acceptors (Lipinski definition) is 2. The molecule has 0 bridgehead atoms. The van der Waals surface area contributed by atoms with Gasteiger partial charge in [0, 0.05) is 22.7 Å². The molecule has 2 aliphatic rings. The van der Waals surface area contributed by atoms with Crippen LogP contribution in [0.25, 0.3) is 4.96 Å². The van der Waals surface area contributed by atoms with Crippen LogP contribution in [0.15, 0.2) is 6.20 Å². The van der Waals surface area contributed by atoms with Gasteiger partial charge in [-0.15, -0.1) is 11.3 Å². The smallest absolute Gasteiger partial charge is 0.194 e. The second kappa shape index (κ2) is 3.84. The first-order valence-corrected chi connectivity index (χ1v) is 7.73. The average molecular weight is 246 g/mol. The van der Waals surface area contributed by atoms with Gasteiger partial charge in [0.05, 0.1) is 5.69 Å². The Hall–Kier alpha value is -0.830. The molecule has 0 aromatic carbocycles. The predicted molar refractivity (Wildman–Crippen MR) is 70.9 cm³/mol. The summed E-state index contributed by atoms with van der Waals surface area (Å²) < 4.78 is 2.40. The molecule has 2 aromatic heterocycles. The molecule has 0 spiro atoms. The lowest BCUT2D eigenvalue weighted by Gasteiger charge is -2.10. The van der Waals surface area contributed by atoms with Crippen LogP contribution in [0.4, 0.5) is 0 Å². The third kappa shape index (κ3) is 1.55. The van der Waals surface area contributed by atoms with Crippen molar-refractivity contribution in [3.8, 4) is 0 Å². The summed E-state index contributed by atoms with van der Waals surface area (Å²) in [4.78, 5) is 7.72. The number of imidazole rings is 1. The van der Waals surface area contributed by atoms with Crippen molar-refractivity contribution in [3.05, 3.63) is 22.5 Å². The molecule has 1 fully saturated rings. The third-order valence-electron chi connectivity index (χ3n) is 4.36. The predicted octanol–water partition coefficient (Wildman–Crippen LogP) is 3.93. The second-order valence-electron chi connectivity index (χ2n) is 5.48. The van der Waals surface area contributed by atoms with Crippen molar-refractivity contribution in [1.82, 2.24) is 9.38 Å². The number of thiazole rings is 1. The number of hydrogen-bond donors (Lipinski definition) is 0. The first-order valence-electron chi connectivity index (χ1n) is 6.91. The van der Waals surface area contributed by atoms with Gasteiger partial charge in [-0.1, -0.05) is 12.8 Å². The average Bonchev–Trinajstić information content (AvgIpc) is 3.03. The standard InChI is InChI=1S/C14H18N2S/c1-2-6-10(5-1)11-9-16-12-7-3-4-8-13(12)17-14(16)15-11/h9-10H,1-8H2. The normalized spacial score (nSPS) is 21.2. The Morgan fingerprint density at radius 1 is 1.12 bits per heavy atom. The van der Waals surface area contributed by atoms with Gasteiger partial charge in [0.15, 0.2) is 4.96 Å². The third-order valence-corrected chi connectivity index (χ3v) is 5.52. The summed E-state index contributed by atoms with van der Waals surface area (Å²) in [6, 6.07) is 0. The SMILES string of the molecule is c1c(C2CCCC2)nc2sc3c(n12)CCCC3. The molecule has 0 saturated heterocycles. The highest BCUT2D eigenvalue weighted by molar-refractivity contribution is 7.17. The molecule has 90 valence electrons. The van der Waals surface area contributed by atoms with E-state index in [0.29, 0.717) is 0 Å². The monoisotopic (exact) mass is 246 g/mol. The van der Waals surface area contributed by atoms with Crippen LogP contribution in [0.1, 0.15) is 60.7 Å². The van der Waals surface area contributed by atoms with Crippen LogP contribution < -0.4 is 0 Å². The largest absolute Gasteiger partial charge is 0.294 e. The molecular weight excluding hydrogens is 228 g/mol. The van der Waals surface area contributed by atoms with Crippen LogP contribution in [0.3, 0.4) is 0 Å². The number of nitrogens with zero attached hydrogens (tertiary/aromatic N) is 2. The van der Waals surface area contributed by atoms with Crippen molar-refractivity contribution in [2.75, 3.05) is 0 Å². The summed E-state index contributed by atoms with van der Waals surface area (Å²) in [7, 11) is 0. The molecule has 0 aliphatic heterocycles. The first kappa shape index (κ1) is 10.1. The molecule has 3 heteroatoms. The minimum absolute atomic E-state index is 0.751. The minimum Gasteiger partial charge on any atom is -0.294 e. The maximum Gasteiger partial charge on any atom is 0.194 e. The molecule has 0 unspecified atom stereocenters. The van der Waals surface area contributed by atoms with Gasteiger partial charge in [-0.2, -0.15) is 0 Å². The molecule has 0 amide bonds. The lowest BCUT2D eigenvalue weighted by atomic mass is 10.0. The molecule has 0 radical (unpaired) electrons. The van der Waals surface area contributed by atoms with Gasteiger partial charge in [0.2, 0.25) is 0 Å². The van der Waals surface area contributed by atoms with Crippen LogP contribution in [0.2, 0.25) is 0 Å². The molecule has 2 aliphatic carbocycles. The van der Waals surface area contributed by atoms with Crippen molar-refractivity contribution < 1.29 is 0 Å². The Morgan fingerprint density at radius 2 is 1.94 bits per heavy atom. The Kier molecular flexibility index (Phi) is 2.29. The maximum absolute atomic E-state index is 4.88. The van der Waals surface area contributed by atoms with Crippen LogP contribution in [0.5, 0.6) is 0 Å². The highest BCUT2D eigenvalue weighted by Crippen LogP contribution is 2.36. The van der Waals surface area contributed by atoms with E-state index >= 15 is 0 Å². The minimum atomic E-state index is 0.751. The lowest BCUT2D eigenvalue weighted by molar-refractivity contribution is 0.672. The fraction of sp³-hybridized carbons (Fsp3) is 0.643. The van der Waals surface area contributed by atoms with E-state index in [2.05, 4.69) is 10.6 Å². The van der Waals surface area contributed by atoms with Crippen molar-refractivity contribution >= 4 is 16.3 Å². The van der Waals surface area contributed by atoms with Crippen molar-refractivity contribution in [2.24, 2.45) is 0 Å². The molecule has 1 saturated carbocycles. The van der Waals surface area contributed by atoms with Crippen molar-refractivity contribution in [2.45, 2.75) is 57.3 Å². The number of fused-ring (bicyclic) bond motifs is 3. The van der Waals surface area contributed by atoms with Gasteiger partial charge in [-0.3, -0.25) is 4.40 Å². The van der Waals surface area contributed by atoms with Crippen molar-refractivity contribution in [3.63, 3.8) is 0 Å². The van der Waals surface area contributed by atoms with E-state index in [1.807, 2.05) is 11.3 Å². The van der Waals surface area contributed by atoms with E-state index in [4.69, 9.17) is 4.98 Å². The Balaban J connectivity index is 1.79. The topological polar surface area (TPSA) is 17.3 Å². The molecular formula is C14H18N2S. The first-order chi connectivity index (χ1) is 8.42. The van der Waals surface area contributed by atoms with E-state index in [1.165, 1.54) is 62.0 Å². The zero-order valence-corrected chi connectivity index (χ0v) is 10.9. The summed E-state index contributed by atoms with van der Waals surface area (Å²) >= 11 is 1.93. The van der Waals surface area contributed by atoms with Crippen LogP contribution in [-0.2, 0) is 12.8 Å². The molecule has 2 nitrogen and oxygen atoms in total. The molecule has 0 N–H and O–H groups in total. The van der Waals surface area contributed by atoms with E-state index < -0.39 is 0 Å². The van der Waals surface area contributed by atoms with Gasteiger partial charge >= 0.3 is 0 Å². The molecule has 2 heterocycles. The highest BCUT2D eigenvalue weighted by Gasteiger charge is 2.23. The van der Waals surface area contributed by atoms with Gasteiger partial charge in [0.1, 0.15) is 0 Å². The molecule has 17 heavy (non-hydrogen) atoms. The van der Waals surface area contributed by atoms with E-state index in [9.17, 15) is 0 Å². The molecule has 4 rings (SSSR count). The van der Waals surface area contributed by atoms with Gasteiger partial charge in [0.25, 0.3) is 0 Å². The summed E-state index contributed by atoms with van der Waals surface area (Å²) in [6.45, 7) is 0. The van der Waals surface area contributed by atoms with Crippen LogP contribution in [-0.4, -0.2) is 9.38 Å². The van der Waals surface area contributed by atoms with Gasteiger partial charge in [-0.05, 0) is 38.5 Å². The van der Waals surface area contributed by atoms with Gasteiger partial charge in [-0.25, -0.2) is 4.98 Å². The van der Waals surface area contributed by atoms with E-state index in [-0.39, 0.29) is 0 Å². The summed E-state index contributed by atoms with van der Waals surface area (Å²) in [5, 5.41) is 0. The van der Waals surface area contributed by atoms with Crippen molar-refractivity contribution in [1.29, 1.82) is 0 Å². The summed E-state index contributed by atoms with van der Waals surface area (Å²) in [5.41, 5.74) is 2.93. The van der Waals surface area contributed by atoms with Crippen LogP contribution >= 0.6 is 11.3 Å². The fourth-order valence-electron chi connectivity index (χ4n) is 3.40. The fourth-order valence-corrected chi connectivity index (χ4v) is 4.60. The van der Waals surface area contributed by atoms with Gasteiger partial charge < -0.3 is 0 Å². The quantitative estimate of drug-likeness (QED) is 0.745. The second-order valence-corrected chi connectivity index (χ2v) is 6.54. The van der Waals surface area contributed by atoms with E-state index in [1.54, 1.807) is 10.6 Å². The Bertz CT molecular complexity index is 546. The van der Waals surface area contributed by atoms with E-state index in [0.717, 1.165) is 5.92 Å².